The van der Waals surface area contributed by atoms with Crippen LogP contribution in [0.2, 0.25) is 0 Å². The van der Waals surface area contributed by atoms with Crippen LogP contribution in [0.25, 0.3) is 0 Å². The third kappa shape index (κ3) is 3.83. The molecule has 1 aliphatic rings. The quantitative estimate of drug-likeness (QED) is 0.837. The standard InChI is InChI=1S/C19H22N2O4S/c1-14-12-16(26(24,25)20-15-8-4-2-5-9-15)13-17(19(22)23)18(14)21-10-6-3-7-11-21/h2,4-5,8-9,12-13,20H,3,6-7,10-11H2,1H3,(H,22,23). The van der Waals surface area contributed by atoms with Gasteiger partial charge in [-0.15, -0.1) is 0 Å². The SMILES string of the molecule is Cc1cc(S(=O)(=O)Nc2ccccc2)cc(C(=O)O)c1N1CCCCC1. The number of aromatic carboxylic acids is 1. The lowest BCUT2D eigenvalue weighted by atomic mass is 10.0. The van der Waals surface area contributed by atoms with E-state index in [9.17, 15) is 18.3 Å². The zero-order chi connectivity index (χ0) is 18.7. The Hall–Kier alpha value is -2.54. The van der Waals surface area contributed by atoms with Crippen molar-refractivity contribution < 1.29 is 18.3 Å². The second kappa shape index (κ2) is 7.37. The predicted octanol–water partition coefficient (Wildman–Crippen LogP) is 3.48. The average molecular weight is 374 g/mol. The van der Waals surface area contributed by atoms with Crippen LogP contribution in [-0.2, 0) is 10.0 Å². The van der Waals surface area contributed by atoms with Crippen molar-refractivity contribution in [3.05, 3.63) is 53.6 Å². The van der Waals surface area contributed by atoms with Crippen molar-refractivity contribution in [2.75, 3.05) is 22.7 Å². The summed E-state index contributed by atoms with van der Waals surface area (Å²) in [7, 11) is -3.87. The number of para-hydroxylation sites is 1. The fourth-order valence-corrected chi connectivity index (χ4v) is 4.49. The summed E-state index contributed by atoms with van der Waals surface area (Å²) >= 11 is 0. The molecule has 2 aromatic rings. The van der Waals surface area contributed by atoms with E-state index in [1.54, 1.807) is 43.3 Å². The third-order valence-electron chi connectivity index (χ3n) is 4.51. The van der Waals surface area contributed by atoms with E-state index >= 15 is 0 Å². The number of carboxylic acids is 1. The van der Waals surface area contributed by atoms with Crippen LogP contribution in [-0.4, -0.2) is 32.6 Å². The first-order valence-corrected chi connectivity index (χ1v) is 10.1. The monoisotopic (exact) mass is 374 g/mol. The maximum atomic E-state index is 12.7. The highest BCUT2D eigenvalue weighted by Crippen LogP contribution is 2.31. The van der Waals surface area contributed by atoms with Gasteiger partial charge < -0.3 is 10.0 Å². The molecule has 138 valence electrons. The van der Waals surface area contributed by atoms with Crippen LogP contribution in [0, 0.1) is 6.92 Å². The molecule has 1 fully saturated rings. The topological polar surface area (TPSA) is 86.7 Å². The van der Waals surface area contributed by atoms with E-state index in [4.69, 9.17) is 0 Å². The van der Waals surface area contributed by atoms with Gasteiger partial charge in [-0.25, -0.2) is 13.2 Å². The highest BCUT2D eigenvalue weighted by Gasteiger charge is 2.25. The van der Waals surface area contributed by atoms with Crippen molar-refractivity contribution in [3.63, 3.8) is 0 Å². The molecule has 0 spiro atoms. The summed E-state index contributed by atoms with van der Waals surface area (Å²) in [4.78, 5) is 13.8. The molecule has 0 aromatic heterocycles. The third-order valence-corrected chi connectivity index (χ3v) is 5.87. The number of aryl methyl sites for hydroxylation is 1. The second-order valence-corrected chi connectivity index (χ2v) is 8.14. The summed E-state index contributed by atoms with van der Waals surface area (Å²) in [5, 5.41) is 9.66. The first-order valence-electron chi connectivity index (χ1n) is 8.59. The van der Waals surface area contributed by atoms with Gasteiger partial charge in [-0.2, -0.15) is 0 Å². The van der Waals surface area contributed by atoms with Crippen LogP contribution in [0.4, 0.5) is 11.4 Å². The summed E-state index contributed by atoms with van der Waals surface area (Å²) in [5.74, 6) is -1.12. The molecule has 1 heterocycles. The van der Waals surface area contributed by atoms with Gasteiger partial charge in [-0.3, -0.25) is 4.72 Å². The number of piperidine rings is 1. The Balaban J connectivity index is 2.02. The molecule has 6 nitrogen and oxygen atoms in total. The summed E-state index contributed by atoms with van der Waals surface area (Å²) in [6, 6.07) is 11.3. The normalized spacial score (nSPS) is 14.9. The van der Waals surface area contributed by atoms with Gasteiger partial charge in [-0.1, -0.05) is 18.2 Å². The number of carboxylic acid groups (broad SMARTS) is 1. The van der Waals surface area contributed by atoms with Crippen molar-refractivity contribution >= 4 is 27.4 Å². The molecule has 2 N–H and O–H groups in total. The molecule has 7 heteroatoms. The molecule has 1 saturated heterocycles. The van der Waals surface area contributed by atoms with Gasteiger partial charge in [0, 0.05) is 18.8 Å². The van der Waals surface area contributed by atoms with Crippen LogP contribution >= 0.6 is 0 Å². The van der Waals surface area contributed by atoms with Crippen molar-refractivity contribution in [1.82, 2.24) is 0 Å². The number of nitrogens with zero attached hydrogens (tertiary/aromatic N) is 1. The summed E-state index contributed by atoms with van der Waals surface area (Å²) < 4.78 is 27.9. The lowest BCUT2D eigenvalue weighted by Gasteiger charge is -2.31. The zero-order valence-corrected chi connectivity index (χ0v) is 15.4. The van der Waals surface area contributed by atoms with Gasteiger partial charge in [0.05, 0.1) is 16.1 Å². The molecule has 0 unspecified atom stereocenters. The molecular weight excluding hydrogens is 352 g/mol. The Morgan fingerprint density at radius 2 is 1.73 bits per heavy atom. The molecule has 3 rings (SSSR count). The van der Waals surface area contributed by atoms with E-state index in [0.29, 0.717) is 16.9 Å². The summed E-state index contributed by atoms with van der Waals surface area (Å²) in [6.45, 7) is 3.34. The van der Waals surface area contributed by atoms with Crippen molar-refractivity contribution in [1.29, 1.82) is 0 Å². The van der Waals surface area contributed by atoms with E-state index in [-0.39, 0.29) is 10.5 Å². The van der Waals surface area contributed by atoms with Gasteiger partial charge in [-0.05, 0) is 56.0 Å². The predicted molar refractivity (Wildman–Crippen MR) is 101 cm³/mol. The number of nitrogens with one attached hydrogen (secondary N) is 1. The Morgan fingerprint density at radius 3 is 2.35 bits per heavy atom. The maximum absolute atomic E-state index is 12.7. The molecule has 0 bridgehead atoms. The fraction of sp³-hybridized carbons (Fsp3) is 0.316. The van der Waals surface area contributed by atoms with Crippen molar-refractivity contribution in [2.24, 2.45) is 0 Å². The first kappa shape index (κ1) is 18.3. The van der Waals surface area contributed by atoms with Gasteiger partial charge in [0.25, 0.3) is 10.0 Å². The average Bonchev–Trinajstić information content (AvgIpc) is 2.62. The Morgan fingerprint density at radius 1 is 1.08 bits per heavy atom. The number of sulfonamides is 1. The molecule has 0 saturated carbocycles. The van der Waals surface area contributed by atoms with Crippen molar-refractivity contribution in [3.8, 4) is 0 Å². The molecule has 0 amide bonds. The van der Waals surface area contributed by atoms with Crippen LogP contribution in [0.1, 0.15) is 35.2 Å². The minimum Gasteiger partial charge on any atom is -0.478 e. The number of benzene rings is 2. The number of carbonyl (C=O) groups is 1. The summed E-state index contributed by atoms with van der Waals surface area (Å²) in [5.41, 5.74) is 1.73. The largest absolute Gasteiger partial charge is 0.478 e. The molecule has 2 aromatic carbocycles. The Kier molecular flexibility index (Phi) is 5.18. The van der Waals surface area contributed by atoms with Gasteiger partial charge in [0.2, 0.25) is 0 Å². The van der Waals surface area contributed by atoms with Crippen LogP contribution in [0.15, 0.2) is 47.4 Å². The number of rotatable bonds is 5. The minimum atomic E-state index is -3.87. The second-order valence-electron chi connectivity index (χ2n) is 6.46. The lowest BCUT2D eigenvalue weighted by molar-refractivity contribution is 0.0697. The fourth-order valence-electron chi connectivity index (χ4n) is 3.32. The van der Waals surface area contributed by atoms with E-state index in [0.717, 1.165) is 32.4 Å². The van der Waals surface area contributed by atoms with E-state index in [2.05, 4.69) is 4.72 Å². The zero-order valence-electron chi connectivity index (χ0n) is 14.6. The summed E-state index contributed by atoms with van der Waals surface area (Å²) in [6.07, 6.45) is 3.15. The molecular formula is C19H22N2O4S. The smallest absolute Gasteiger partial charge is 0.337 e. The van der Waals surface area contributed by atoms with Crippen LogP contribution in [0.5, 0.6) is 0 Å². The Labute approximate surface area is 153 Å². The van der Waals surface area contributed by atoms with E-state index in [1.165, 1.54) is 6.07 Å². The minimum absolute atomic E-state index is 0.0281. The van der Waals surface area contributed by atoms with Crippen LogP contribution < -0.4 is 9.62 Å². The molecule has 0 atom stereocenters. The van der Waals surface area contributed by atoms with Gasteiger partial charge >= 0.3 is 5.97 Å². The molecule has 0 radical (unpaired) electrons. The molecule has 0 aliphatic carbocycles. The van der Waals surface area contributed by atoms with E-state index < -0.39 is 16.0 Å². The Bertz CT molecular complexity index is 905. The first-order chi connectivity index (χ1) is 12.4. The lowest BCUT2D eigenvalue weighted by Crippen LogP contribution is -2.31. The van der Waals surface area contributed by atoms with E-state index in [1.807, 2.05) is 4.90 Å². The number of anilines is 2. The number of hydrogen-bond acceptors (Lipinski definition) is 4. The highest BCUT2D eigenvalue weighted by molar-refractivity contribution is 7.92. The molecule has 1 aliphatic heterocycles. The number of hydrogen-bond donors (Lipinski definition) is 2. The van der Waals surface area contributed by atoms with Crippen LogP contribution in [0.3, 0.4) is 0 Å². The van der Waals surface area contributed by atoms with Gasteiger partial charge in [0.1, 0.15) is 0 Å². The van der Waals surface area contributed by atoms with Gasteiger partial charge in [0.15, 0.2) is 0 Å². The molecule has 26 heavy (non-hydrogen) atoms. The highest BCUT2D eigenvalue weighted by atomic mass is 32.2. The maximum Gasteiger partial charge on any atom is 0.337 e. The van der Waals surface area contributed by atoms with Crippen molar-refractivity contribution in [2.45, 2.75) is 31.1 Å².